The van der Waals surface area contributed by atoms with E-state index in [1.54, 1.807) is 0 Å². The molecule has 28 heteroatoms. The fourth-order valence-electron chi connectivity index (χ4n) is 7.59. The Morgan fingerprint density at radius 3 is 0.765 bits per heavy atom. The fraction of sp³-hybridized carbons (Fsp3) is 0.650. The largest absolute Gasteiger partial charge is 0.460 e. The summed E-state index contributed by atoms with van der Waals surface area (Å²) in [6, 6.07) is 5.16. The van der Waals surface area contributed by atoms with E-state index in [0.717, 1.165) is 6.92 Å². The first-order chi connectivity index (χ1) is 30.0. The first-order valence-electron chi connectivity index (χ1n) is 19.4. The molecule has 392 valence electrons. The first kappa shape index (κ1) is 60.1. The average molecular weight is 1040 g/mol. The Hall–Kier alpha value is -4.04. The maximum absolute atomic E-state index is 15.4. The highest BCUT2D eigenvalue weighted by atomic mass is 19.4. The molecule has 0 spiro atoms. The highest BCUT2D eigenvalue weighted by Gasteiger charge is 2.92. The van der Waals surface area contributed by atoms with Gasteiger partial charge >= 0.3 is 71.6 Å². The van der Waals surface area contributed by atoms with Crippen molar-refractivity contribution in [2.45, 2.75) is 166 Å². The molecule has 1 aliphatic rings. The Bertz CT molecular complexity index is 1970. The van der Waals surface area contributed by atoms with Crippen LogP contribution in [0.15, 0.2) is 35.7 Å². The van der Waals surface area contributed by atoms with Crippen molar-refractivity contribution in [2.24, 2.45) is 0 Å². The minimum atomic E-state index is -8.35. The van der Waals surface area contributed by atoms with Crippen LogP contribution in [-0.2, 0) is 0 Å². The van der Waals surface area contributed by atoms with Gasteiger partial charge in [-0.15, -0.1) is 0 Å². The summed E-state index contributed by atoms with van der Waals surface area (Å²) in [6.07, 6.45) is -27.7. The number of nitrogens with zero attached hydrogens (tertiary/aromatic N) is 2. The molecule has 1 heterocycles. The van der Waals surface area contributed by atoms with Crippen LogP contribution < -0.4 is 9.80 Å². The third-order valence-corrected chi connectivity index (χ3v) is 10.8. The maximum atomic E-state index is 15.4. The van der Waals surface area contributed by atoms with Gasteiger partial charge in [0.25, 0.3) is 0 Å². The normalized spacial score (nSPS) is 16.2. The molecule has 1 aliphatic heterocycles. The van der Waals surface area contributed by atoms with Gasteiger partial charge in [0.2, 0.25) is 0 Å². The first-order valence-corrected chi connectivity index (χ1v) is 19.4. The van der Waals surface area contributed by atoms with Crippen LogP contribution in [0.25, 0.3) is 0 Å². The standard InChI is InChI=1S/C38H34F26N2.C2H6/c1-16-12-18(3)25(19(4)13-16)65-22(7)66(26-20(5)14-17(2)15-21(26)6)24(9-11-28(41,42)30(45,46)32(49,50)34(53,54)36(57,58)38(62,63)64)23(65)8-10-27(39,40)29(43,44)31(47,48)33(51,52)35(55,56)37(59,60)61;1-2/h12-15,22H,8-11H2,1-7H3;1-2H3. The number of hydrogen-bond donors (Lipinski definition) is 0. The van der Waals surface area contributed by atoms with Crippen LogP contribution in [0.4, 0.5) is 126 Å². The Labute approximate surface area is 370 Å². The van der Waals surface area contributed by atoms with E-state index in [-0.39, 0.29) is 33.6 Å². The maximum Gasteiger partial charge on any atom is 0.460 e. The molecule has 2 nitrogen and oxygen atoms in total. The summed E-state index contributed by atoms with van der Waals surface area (Å²) in [4.78, 5) is 1.42. The minimum absolute atomic E-state index is 0.0115. The number of rotatable bonds is 16. The quantitative estimate of drug-likeness (QED) is 0.155. The van der Waals surface area contributed by atoms with E-state index in [4.69, 9.17) is 0 Å². The van der Waals surface area contributed by atoms with Crippen LogP contribution in [0.3, 0.4) is 0 Å². The Morgan fingerprint density at radius 1 is 0.353 bits per heavy atom. The Morgan fingerprint density at radius 2 is 0.559 bits per heavy atom. The molecule has 0 saturated heterocycles. The van der Waals surface area contributed by atoms with Gasteiger partial charge in [0.15, 0.2) is 0 Å². The van der Waals surface area contributed by atoms with Crippen LogP contribution in [0, 0.1) is 41.5 Å². The number of halogens is 26. The second-order valence-corrected chi connectivity index (χ2v) is 15.8. The average Bonchev–Trinajstić information content (AvgIpc) is 3.41. The van der Waals surface area contributed by atoms with Gasteiger partial charge < -0.3 is 9.80 Å². The topological polar surface area (TPSA) is 6.48 Å². The molecule has 2 aromatic rings. The van der Waals surface area contributed by atoms with Gasteiger partial charge in [-0.1, -0.05) is 49.2 Å². The molecule has 0 saturated carbocycles. The summed E-state index contributed by atoms with van der Waals surface area (Å²) >= 11 is 0. The van der Waals surface area contributed by atoms with E-state index < -0.39 is 115 Å². The summed E-state index contributed by atoms with van der Waals surface area (Å²) in [7, 11) is 0. The van der Waals surface area contributed by atoms with Gasteiger partial charge in [0, 0.05) is 35.6 Å². The van der Waals surface area contributed by atoms with Gasteiger partial charge in [-0.3, -0.25) is 0 Å². The highest BCUT2D eigenvalue weighted by molar-refractivity contribution is 5.74. The lowest BCUT2D eigenvalue weighted by Gasteiger charge is -2.40. The van der Waals surface area contributed by atoms with Gasteiger partial charge in [0.05, 0.1) is 0 Å². The number of allylic oxidation sites excluding steroid dienone is 2. The molecule has 0 bridgehead atoms. The van der Waals surface area contributed by atoms with E-state index in [9.17, 15) is 96.6 Å². The van der Waals surface area contributed by atoms with Crippen molar-refractivity contribution in [3.63, 3.8) is 0 Å². The molecule has 0 atom stereocenters. The number of anilines is 2. The lowest BCUT2D eigenvalue weighted by molar-refractivity contribution is -0.440. The number of hydrogen-bond acceptors (Lipinski definition) is 2. The minimum Gasteiger partial charge on any atom is -0.322 e. The van der Waals surface area contributed by atoms with E-state index in [0.29, 0.717) is 20.9 Å². The van der Waals surface area contributed by atoms with Crippen LogP contribution in [0.1, 0.15) is 79.8 Å². The second-order valence-electron chi connectivity index (χ2n) is 15.8. The van der Waals surface area contributed by atoms with Crippen molar-refractivity contribution in [1.82, 2.24) is 0 Å². The summed E-state index contributed by atoms with van der Waals surface area (Å²) in [5.41, 5.74) is -2.21. The molecule has 0 aliphatic carbocycles. The van der Waals surface area contributed by atoms with E-state index in [1.165, 1.54) is 65.8 Å². The predicted molar refractivity (Wildman–Crippen MR) is 194 cm³/mol. The van der Waals surface area contributed by atoms with Crippen molar-refractivity contribution >= 4 is 11.4 Å². The molecule has 3 rings (SSSR count). The van der Waals surface area contributed by atoms with Crippen LogP contribution in [0.5, 0.6) is 0 Å². The van der Waals surface area contributed by atoms with Gasteiger partial charge in [0.1, 0.15) is 6.17 Å². The zero-order valence-corrected chi connectivity index (χ0v) is 36.4. The van der Waals surface area contributed by atoms with Gasteiger partial charge in [-0.05, 0) is 83.6 Å². The van der Waals surface area contributed by atoms with E-state index >= 15 is 17.6 Å². The van der Waals surface area contributed by atoms with Crippen LogP contribution in [0.2, 0.25) is 0 Å². The fourth-order valence-corrected chi connectivity index (χ4v) is 7.59. The lowest BCUT2D eigenvalue weighted by Crippen LogP contribution is -2.70. The zero-order valence-electron chi connectivity index (χ0n) is 36.4. The molecule has 0 aromatic heterocycles. The summed E-state index contributed by atoms with van der Waals surface area (Å²) in [5.74, 6) is -79.1. The van der Waals surface area contributed by atoms with Crippen molar-refractivity contribution in [2.75, 3.05) is 9.80 Å². The molecule has 0 radical (unpaired) electrons. The smallest absolute Gasteiger partial charge is 0.322 e. The van der Waals surface area contributed by atoms with Crippen molar-refractivity contribution in [3.05, 3.63) is 69.0 Å². The summed E-state index contributed by atoms with van der Waals surface area (Å²) in [5, 5.41) is 0. The Balaban J connectivity index is 0.00000782. The number of aryl methyl sites for hydroxylation is 6. The molecular weight excluding hydrogens is 1000 g/mol. The molecule has 0 amide bonds. The number of alkyl halides is 26. The molecule has 0 fully saturated rings. The molecule has 0 unspecified atom stereocenters. The molecule has 0 N–H and O–H groups in total. The zero-order chi connectivity index (χ0) is 54.2. The van der Waals surface area contributed by atoms with Gasteiger partial charge in [-0.25, -0.2) is 0 Å². The number of benzene rings is 2. The van der Waals surface area contributed by atoms with Crippen LogP contribution in [-0.4, -0.2) is 77.7 Å². The van der Waals surface area contributed by atoms with E-state index in [1.807, 2.05) is 13.8 Å². The Kier molecular flexibility index (Phi) is 16.2. The third kappa shape index (κ3) is 9.23. The van der Waals surface area contributed by atoms with Crippen LogP contribution >= 0.6 is 0 Å². The third-order valence-electron chi connectivity index (χ3n) is 10.8. The molecule has 68 heavy (non-hydrogen) atoms. The molecule has 2 aromatic carbocycles. The predicted octanol–water partition coefficient (Wildman–Crippen LogP) is 16.5. The van der Waals surface area contributed by atoms with Crippen molar-refractivity contribution in [3.8, 4) is 0 Å². The summed E-state index contributed by atoms with van der Waals surface area (Å²) in [6.45, 7) is 12.8. The second kappa shape index (κ2) is 18.3. The van der Waals surface area contributed by atoms with E-state index in [2.05, 4.69) is 0 Å². The highest BCUT2D eigenvalue weighted by Crippen LogP contribution is 2.63. The van der Waals surface area contributed by atoms with Gasteiger partial charge in [-0.2, -0.15) is 114 Å². The monoisotopic (exact) mass is 1040 g/mol. The summed E-state index contributed by atoms with van der Waals surface area (Å²) < 4.78 is 367. The lowest BCUT2D eigenvalue weighted by atomic mass is 9.90. The van der Waals surface area contributed by atoms with Crippen molar-refractivity contribution in [1.29, 1.82) is 0 Å². The molecular formula is C40H40F26N2. The SMILES string of the molecule is CC.Cc1cc(C)c(N2C(CCC(F)(F)C(F)(F)C(F)(F)C(F)(F)C(F)(F)C(F)(F)F)=C(CCC(F)(F)C(F)(F)C(F)(F)C(F)(F)C(F)(F)C(F)(F)F)N(c3c(C)cc(C)cc3C)C2C)c(C)c1. The van der Waals surface area contributed by atoms with Crippen molar-refractivity contribution < 1.29 is 114 Å².